The lowest BCUT2D eigenvalue weighted by atomic mass is 10.0. The van der Waals surface area contributed by atoms with Crippen molar-refractivity contribution >= 4 is 22.4 Å². The Labute approximate surface area is 128 Å². The van der Waals surface area contributed by atoms with E-state index in [1.807, 2.05) is 31.4 Å². The number of likely N-dealkylation sites (tertiary alicyclic amines) is 1. The number of anilines is 1. The second kappa shape index (κ2) is 5.85. The number of aromatic nitrogens is 3. The molecule has 1 atom stereocenters. The summed E-state index contributed by atoms with van der Waals surface area (Å²) in [6.45, 7) is 3.43. The molecule has 3 heterocycles. The van der Waals surface area contributed by atoms with Crippen LogP contribution >= 0.6 is 11.5 Å². The number of carbonyl (C=O) groups is 1. The van der Waals surface area contributed by atoms with Gasteiger partial charge in [-0.2, -0.15) is 4.37 Å². The first-order valence-corrected chi connectivity index (χ1v) is 7.88. The van der Waals surface area contributed by atoms with Crippen LogP contribution in [0.15, 0.2) is 18.7 Å². The van der Waals surface area contributed by atoms with Crippen LogP contribution in [0.2, 0.25) is 0 Å². The number of nitrogens with zero attached hydrogens (tertiary/aromatic N) is 4. The van der Waals surface area contributed by atoms with Crippen molar-refractivity contribution in [3.8, 4) is 0 Å². The maximum Gasteiger partial charge on any atom is 0.258 e. The number of rotatable bonds is 3. The summed E-state index contributed by atoms with van der Waals surface area (Å²) < 4.78 is 6.38. The minimum Gasteiger partial charge on any atom is -0.378 e. The molecule has 0 unspecified atom stereocenters. The standard InChI is InChI=1S/C14H19N5OS/c1-10-12(13(15-2)21-17-10)14(20)18-6-3-4-11(8-18)19-7-5-16-9-19/h5,7,9,11,15H,3-4,6,8H2,1-2H3/t11-/m0/s1. The number of piperidine rings is 1. The highest BCUT2D eigenvalue weighted by atomic mass is 32.1. The Morgan fingerprint density at radius 3 is 3.10 bits per heavy atom. The van der Waals surface area contributed by atoms with E-state index in [9.17, 15) is 4.79 Å². The Hall–Kier alpha value is -1.89. The summed E-state index contributed by atoms with van der Waals surface area (Å²) in [6, 6.07) is 0.315. The van der Waals surface area contributed by atoms with Crippen molar-refractivity contribution in [3.05, 3.63) is 30.0 Å². The van der Waals surface area contributed by atoms with Gasteiger partial charge in [0.1, 0.15) is 5.00 Å². The molecule has 21 heavy (non-hydrogen) atoms. The molecule has 2 aromatic rings. The third kappa shape index (κ3) is 2.65. The smallest absolute Gasteiger partial charge is 0.258 e. The molecule has 0 aromatic carbocycles. The van der Waals surface area contributed by atoms with E-state index in [0.29, 0.717) is 11.6 Å². The quantitative estimate of drug-likeness (QED) is 0.944. The number of amides is 1. The van der Waals surface area contributed by atoms with Crippen LogP contribution < -0.4 is 5.32 Å². The fourth-order valence-electron chi connectivity index (χ4n) is 2.82. The summed E-state index contributed by atoms with van der Waals surface area (Å²) in [5.74, 6) is 0.0791. The van der Waals surface area contributed by atoms with Gasteiger partial charge in [0.05, 0.1) is 23.6 Å². The first kappa shape index (κ1) is 14.1. The molecule has 6 nitrogen and oxygen atoms in total. The lowest BCUT2D eigenvalue weighted by Crippen LogP contribution is -2.40. The summed E-state index contributed by atoms with van der Waals surface area (Å²) in [4.78, 5) is 18.8. The number of aryl methyl sites for hydroxylation is 1. The second-order valence-electron chi connectivity index (χ2n) is 5.28. The van der Waals surface area contributed by atoms with Crippen molar-refractivity contribution < 1.29 is 4.79 Å². The lowest BCUT2D eigenvalue weighted by Gasteiger charge is -2.33. The molecule has 1 saturated heterocycles. The third-order valence-corrected chi connectivity index (χ3v) is 4.89. The van der Waals surface area contributed by atoms with Crippen LogP contribution in [0.5, 0.6) is 0 Å². The first-order valence-electron chi connectivity index (χ1n) is 7.11. The molecular weight excluding hydrogens is 286 g/mol. The Morgan fingerprint density at radius 1 is 1.52 bits per heavy atom. The monoisotopic (exact) mass is 305 g/mol. The van der Waals surface area contributed by atoms with E-state index in [1.54, 1.807) is 6.20 Å². The number of carbonyl (C=O) groups excluding carboxylic acids is 1. The average Bonchev–Trinajstić information content (AvgIpc) is 3.16. The van der Waals surface area contributed by atoms with Crippen LogP contribution in [0.4, 0.5) is 5.00 Å². The first-order chi connectivity index (χ1) is 10.2. The molecule has 1 aliphatic rings. The summed E-state index contributed by atoms with van der Waals surface area (Å²) >= 11 is 1.34. The molecular formula is C14H19N5OS. The summed E-state index contributed by atoms with van der Waals surface area (Å²) in [7, 11) is 1.83. The van der Waals surface area contributed by atoms with E-state index >= 15 is 0 Å². The molecule has 1 aliphatic heterocycles. The van der Waals surface area contributed by atoms with Gasteiger partial charge in [0.15, 0.2) is 0 Å². The van der Waals surface area contributed by atoms with Gasteiger partial charge in [-0.1, -0.05) is 0 Å². The van der Waals surface area contributed by atoms with Gasteiger partial charge in [0, 0.05) is 32.5 Å². The van der Waals surface area contributed by atoms with Crippen molar-refractivity contribution in [2.24, 2.45) is 0 Å². The van der Waals surface area contributed by atoms with Crippen LogP contribution in [-0.2, 0) is 0 Å². The van der Waals surface area contributed by atoms with Gasteiger partial charge in [-0.25, -0.2) is 4.98 Å². The summed E-state index contributed by atoms with van der Waals surface area (Å²) in [5, 5.41) is 3.92. The van der Waals surface area contributed by atoms with Gasteiger partial charge in [-0.3, -0.25) is 4.79 Å². The topological polar surface area (TPSA) is 63.1 Å². The fraction of sp³-hybridized carbons (Fsp3) is 0.500. The summed E-state index contributed by atoms with van der Waals surface area (Å²) in [5.41, 5.74) is 1.52. The van der Waals surface area contributed by atoms with E-state index in [4.69, 9.17) is 0 Å². The third-order valence-electron chi connectivity index (χ3n) is 3.93. The van der Waals surface area contributed by atoms with Crippen molar-refractivity contribution in [1.82, 2.24) is 18.8 Å². The van der Waals surface area contributed by atoms with Gasteiger partial charge in [0.2, 0.25) is 0 Å². The van der Waals surface area contributed by atoms with Gasteiger partial charge in [-0.15, -0.1) is 0 Å². The van der Waals surface area contributed by atoms with Crippen LogP contribution in [0.3, 0.4) is 0 Å². The van der Waals surface area contributed by atoms with Crippen molar-refractivity contribution in [2.45, 2.75) is 25.8 Å². The number of hydrogen-bond donors (Lipinski definition) is 1. The average molecular weight is 305 g/mol. The number of imidazole rings is 1. The molecule has 3 rings (SSSR count). The highest BCUT2D eigenvalue weighted by Crippen LogP contribution is 2.28. The maximum absolute atomic E-state index is 12.8. The Kier molecular flexibility index (Phi) is 3.92. The normalized spacial score (nSPS) is 18.8. The Bertz CT molecular complexity index is 621. The van der Waals surface area contributed by atoms with Gasteiger partial charge in [0.25, 0.3) is 5.91 Å². The molecule has 112 valence electrons. The van der Waals surface area contributed by atoms with Crippen molar-refractivity contribution in [1.29, 1.82) is 0 Å². The fourth-order valence-corrected chi connectivity index (χ4v) is 3.56. The molecule has 1 N–H and O–H groups in total. The lowest BCUT2D eigenvalue weighted by molar-refractivity contribution is 0.0680. The van der Waals surface area contributed by atoms with Crippen LogP contribution in [0.1, 0.15) is 34.9 Å². The van der Waals surface area contributed by atoms with E-state index in [-0.39, 0.29) is 5.91 Å². The predicted octanol–water partition coefficient (Wildman–Crippen LogP) is 2.17. The van der Waals surface area contributed by atoms with Crippen LogP contribution in [0.25, 0.3) is 0 Å². The minimum atomic E-state index is 0.0791. The van der Waals surface area contributed by atoms with Crippen molar-refractivity contribution in [2.75, 3.05) is 25.5 Å². The van der Waals surface area contributed by atoms with Crippen LogP contribution in [0, 0.1) is 6.92 Å². The molecule has 0 radical (unpaired) electrons. The van der Waals surface area contributed by atoms with E-state index in [1.165, 1.54) is 11.5 Å². The number of nitrogens with one attached hydrogen (secondary N) is 1. The molecule has 0 saturated carbocycles. The zero-order valence-electron chi connectivity index (χ0n) is 12.2. The SMILES string of the molecule is CNc1snc(C)c1C(=O)N1CCC[C@H](n2ccnc2)C1. The molecule has 7 heteroatoms. The van der Waals surface area contributed by atoms with Crippen molar-refractivity contribution in [3.63, 3.8) is 0 Å². The highest BCUT2D eigenvalue weighted by Gasteiger charge is 2.28. The predicted molar refractivity (Wildman–Crippen MR) is 82.8 cm³/mol. The highest BCUT2D eigenvalue weighted by molar-refractivity contribution is 7.10. The minimum absolute atomic E-state index is 0.0791. The molecule has 1 fully saturated rings. The zero-order chi connectivity index (χ0) is 14.8. The molecule has 0 aliphatic carbocycles. The molecule has 2 aromatic heterocycles. The van der Waals surface area contributed by atoms with Gasteiger partial charge in [-0.05, 0) is 31.3 Å². The largest absolute Gasteiger partial charge is 0.378 e. The zero-order valence-corrected chi connectivity index (χ0v) is 13.1. The van der Waals surface area contributed by atoms with E-state index in [2.05, 4.69) is 19.2 Å². The van der Waals surface area contributed by atoms with Gasteiger partial charge < -0.3 is 14.8 Å². The maximum atomic E-state index is 12.8. The summed E-state index contributed by atoms with van der Waals surface area (Å²) in [6.07, 6.45) is 7.68. The second-order valence-corrected chi connectivity index (χ2v) is 6.05. The van der Waals surface area contributed by atoms with Gasteiger partial charge >= 0.3 is 0 Å². The van der Waals surface area contributed by atoms with E-state index < -0.39 is 0 Å². The van der Waals surface area contributed by atoms with E-state index in [0.717, 1.165) is 36.6 Å². The number of hydrogen-bond acceptors (Lipinski definition) is 5. The molecule has 0 bridgehead atoms. The molecule has 0 spiro atoms. The Balaban J connectivity index is 1.80. The Morgan fingerprint density at radius 2 is 2.38 bits per heavy atom. The van der Waals surface area contributed by atoms with Crippen LogP contribution in [-0.4, -0.2) is 44.9 Å². The molecule has 1 amide bonds.